The summed E-state index contributed by atoms with van der Waals surface area (Å²) in [5, 5.41) is 6.39. The number of hydrogen-bond donors (Lipinski definition) is 3. The van der Waals surface area contributed by atoms with E-state index in [4.69, 9.17) is 0 Å². The van der Waals surface area contributed by atoms with Crippen molar-refractivity contribution in [2.75, 3.05) is 19.6 Å². The van der Waals surface area contributed by atoms with E-state index >= 15 is 0 Å². The summed E-state index contributed by atoms with van der Waals surface area (Å²) in [4.78, 5) is 18.1. The summed E-state index contributed by atoms with van der Waals surface area (Å²) in [6.07, 6.45) is 2.89. The predicted molar refractivity (Wildman–Crippen MR) is 99.4 cm³/mol. The zero-order chi connectivity index (χ0) is 16.8. The fraction of sp³-hybridized carbons (Fsp3) is 0.316. The van der Waals surface area contributed by atoms with Crippen molar-refractivity contribution in [2.45, 2.75) is 19.9 Å². The zero-order valence-electron chi connectivity index (χ0n) is 14.0. The lowest BCUT2D eigenvalue weighted by Gasteiger charge is -2.16. The largest absolute Gasteiger partial charge is 0.361 e. The minimum absolute atomic E-state index is 0.128. The van der Waals surface area contributed by atoms with Crippen LogP contribution in [0.2, 0.25) is 0 Å². The Kier molecular flexibility index (Phi) is 5.67. The molecule has 0 aliphatic rings. The molecule has 3 N–H and O–H groups in total. The molecule has 3 aromatic rings. The number of H-pyrrole nitrogens is 1. The first-order valence-corrected chi connectivity index (χ1v) is 9.32. The lowest BCUT2D eigenvalue weighted by Crippen LogP contribution is -3.11. The van der Waals surface area contributed by atoms with Gasteiger partial charge in [0.15, 0.2) is 6.54 Å². The number of amides is 1. The van der Waals surface area contributed by atoms with Gasteiger partial charge in [0.2, 0.25) is 0 Å². The number of nitrogens with one attached hydrogen (secondary N) is 3. The molecule has 0 bridgehead atoms. The Morgan fingerprint density at radius 3 is 2.92 bits per heavy atom. The van der Waals surface area contributed by atoms with Crippen molar-refractivity contribution in [3.8, 4) is 0 Å². The molecule has 0 fully saturated rings. The molecule has 4 nitrogen and oxygen atoms in total. The molecule has 5 heteroatoms. The minimum Gasteiger partial charge on any atom is -0.361 e. The summed E-state index contributed by atoms with van der Waals surface area (Å²) in [6.45, 7) is 5.21. The van der Waals surface area contributed by atoms with E-state index in [0.29, 0.717) is 13.1 Å². The Balaban J connectivity index is 1.46. The third-order valence-electron chi connectivity index (χ3n) is 4.31. The van der Waals surface area contributed by atoms with Crippen LogP contribution in [0.25, 0.3) is 10.9 Å². The molecule has 3 rings (SSSR count). The lowest BCUT2D eigenvalue weighted by molar-refractivity contribution is -0.903. The number of thiophene rings is 1. The fourth-order valence-electron chi connectivity index (χ4n) is 2.94. The van der Waals surface area contributed by atoms with Gasteiger partial charge >= 0.3 is 0 Å². The second kappa shape index (κ2) is 8.13. The highest BCUT2D eigenvalue weighted by atomic mass is 32.1. The van der Waals surface area contributed by atoms with Crippen molar-refractivity contribution < 1.29 is 9.69 Å². The molecule has 2 aromatic heterocycles. The van der Waals surface area contributed by atoms with Gasteiger partial charge in [-0.1, -0.05) is 24.3 Å². The zero-order valence-corrected chi connectivity index (χ0v) is 14.8. The summed E-state index contributed by atoms with van der Waals surface area (Å²) >= 11 is 1.75. The number of carbonyl (C=O) groups excluding carboxylic acids is 1. The molecule has 1 aromatic carbocycles. The van der Waals surface area contributed by atoms with Crippen LogP contribution in [0.1, 0.15) is 17.4 Å². The van der Waals surface area contributed by atoms with Gasteiger partial charge in [0.25, 0.3) is 5.91 Å². The Morgan fingerprint density at radius 2 is 2.12 bits per heavy atom. The van der Waals surface area contributed by atoms with E-state index < -0.39 is 0 Å². The Bertz CT molecular complexity index is 779. The average Bonchev–Trinajstić information content (AvgIpc) is 3.24. The number of aromatic nitrogens is 1. The maximum Gasteiger partial charge on any atom is 0.275 e. The van der Waals surface area contributed by atoms with Crippen molar-refractivity contribution >= 4 is 28.1 Å². The Hall–Kier alpha value is -2.11. The molecule has 126 valence electrons. The van der Waals surface area contributed by atoms with Gasteiger partial charge in [0.05, 0.1) is 11.4 Å². The van der Waals surface area contributed by atoms with E-state index in [0.717, 1.165) is 25.0 Å². The van der Waals surface area contributed by atoms with Gasteiger partial charge in [-0.25, -0.2) is 0 Å². The Labute approximate surface area is 146 Å². The van der Waals surface area contributed by atoms with Crippen LogP contribution in [0.5, 0.6) is 0 Å². The van der Waals surface area contributed by atoms with Crippen LogP contribution < -0.4 is 10.2 Å². The number of benzene rings is 1. The third-order valence-corrected chi connectivity index (χ3v) is 5.18. The first-order chi connectivity index (χ1) is 11.8. The summed E-state index contributed by atoms with van der Waals surface area (Å²) in [5.41, 5.74) is 2.40. The van der Waals surface area contributed by atoms with Crippen LogP contribution in [-0.2, 0) is 17.8 Å². The highest BCUT2D eigenvalue weighted by molar-refractivity contribution is 7.09. The number of rotatable bonds is 8. The summed E-state index contributed by atoms with van der Waals surface area (Å²) < 4.78 is 0. The van der Waals surface area contributed by atoms with E-state index in [1.54, 1.807) is 11.3 Å². The third kappa shape index (κ3) is 4.24. The quantitative estimate of drug-likeness (QED) is 0.576. The topological polar surface area (TPSA) is 49.3 Å². The van der Waals surface area contributed by atoms with Gasteiger partial charge in [-0.15, -0.1) is 11.3 Å². The minimum atomic E-state index is 0.128. The first kappa shape index (κ1) is 16.7. The van der Waals surface area contributed by atoms with Crippen LogP contribution >= 0.6 is 11.3 Å². The van der Waals surface area contributed by atoms with Gasteiger partial charge in [0.1, 0.15) is 6.54 Å². The van der Waals surface area contributed by atoms with E-state index in [1.165, 1.54) is 20.7 Å². The SMILES string of the molecule is CC[NH+](CC(=O)NCCc1c[nH]c2ccccc12)Cc1cccs1. The normalized spacial score (nSPS) is 12.4. The molecular formula is C19H24N3OS+. The standard InChI is InChI=1S/C19H23N3OS/c1-2-22(13-16-6-5-11-24-16)14-19(23)20-10-9-15-12-21-18-8-4-3-7-17(15)18/h3-8,11-12,21H,2,9-10,13-14H2,1H3,(H,20,23)/p+1. The van der Waals surface area contributed by atoms with Crippen LogP contribution in [0.4, 0.5) is 0 Å². The second-order valence-electron chi connectivity index (χ2n) is 6.00. The maximum absolute atomic E-state index is 12.2. The van der Waals surface area contributed by atoms with Crippen molar-refractivity contribution in [3.05, 3.63) is 58.4 Å². The molecule has 0 saturated carbocycles. The summed E-state index contributed by atoms with van der Waals surface area (Å²) in [6, 6.07) is 12.5. The molecule has 24 heavy (non-hydrogen) atoms. The van der Waals surface area contributed by atoms with Crippen molar-refractivity contribution in [2.24, 2.45) is 0 Å². The number of carbonyl (C=O) groups is 1. The molecule has 2 heterocycles. The number of aromatic amines is 1. The number of quaternary nitrogens is 1. The molecule has 0 saturated heterocycles. The number of para-hydroxylation sites is 1. The lowest BCUT2D eigenvalue weighted by atomic mass is 10.1. The van der Waals surface area contributed by atoms with E-state index in [1.807, 2.05) is 18.3 Å². The first-order valence-electron chi connectivity index (χ1n) is 8.44. The van der Waals surface area contributed by atoms with Crippen molar-refractivity contribution in [3.63, 3.8) is 0 Å². The number of likely N-dealkylation sites (N-methyl/N-ethyl adjacent to an activating group) is 1. The summed E-state index contributed by atoms with van der Waals surface area (Å²) in [7, 11) is 0. The highest BCUT2D eigenvalue weighted by Gasteiger charge is 2.13. The van der Waals surface area contributed by atoms with Crippen LogP contribution in [-0.4, -0.2) is 30.5 Å². The second-order valence-corrected chi connectivity index (χ2v) is 7.03. The Morgan fingerprint density at radius 1 is 1.25 bits per heavy atom. The molecule has 0 aliphatic heterocycles. The van der Waals surface area contributed by atoms with Crippen LogP contribution in [0, 0.1) is 0 Å². The number of hydrogen-bond acceptors (Lipinski definition) is 2. The molecule has 0 spiro atoms. The molecular weight excluding hydrogens is 318 g/mol. The van der Waals surface area contributed by atoms with Crippen LogP contribution in [0.3, 0.4) is 0 Å². The molecule has 1 amide bonds. The summed E-state index contributed by atoms with van der Waals surface area (Å²) in [5.74, 6) is 0.128. The van der Waals surface area contributed by atoms with E-state index in [9.17, 15) is 4.79 Å². The predicted octanol–water partition coefficient (Wildman–Crippen LogP) is 1.99. The maximum atomic E-state index is 12.2. The van der Waals surface area contributed by atoms with Crippen LogP contribution in [0.15, 0.2) is 48.0 Å². The average molecular weight is 342 g/mol. The molecule has 0 aliphatic carbocycles. The molecule has 1 unspecified atom stereocenters. The highest BCUT2D eigenvalue weighted by Crippen LogP contribution is 2.17. The fourth-order valence-corrected chi connectivity index (χ4v) is 3.71. The molecule has 0 radical (unpaired) electrons. The van der Waals surface area contributed by atoms with Gasteiger partial charge in [0, 0.05) is 23.6 Å². The van der Waals surface area contributed by atoms with Gasteiger partial charge < -0.3 is 15.2 Å². The van der Waals surface area contributed by atoms with Gasteiger partial charge in [-0.3, -0.25) is 4.79 Å². The number of fused-ring (bicyclic) bond motifs is 1. The van der Waals surface area contributed by atoms with Crippen molar-refractivity contribution in [1.82, 2.24) is 10.3 Å². The van der Waals surface area contributed by atoms with Crippen molar-refractivity contribution in [1.29, 1.82) is 0 Å². The van der Waals surface area contributed by atoms with Gasteiger partial charge in [-0.2, -0.15) is 0 Å². The van der Waals surface area contributed by atoms with Gasteiger partial charge in [-0.05, 0) is 36.4 Å². The monoisotopic (exact) mass is 342 g/mol. The smallest absolute Gasteiger partial charge is 0.275 e. The van der Waals surface area contributed by atoms with E-state index in [-0.39, 0.29) is 5.91 Å². The molecule has 1 atom stereocenters. The van der Waals surface area contributed by atoms with E-state index in [2.05, 4.69) is 46.9 Å².